The Balaban J connectivity index is 0.00000225. The molecular weight excluding hydrogens is 434 g/mol. The smallest absolute Gasteiger partial charge is 0.0457 e. The van der Waals surface area contributed by atoms with Gasteiger partial charge < -0.3 is 0 Å². The number of hydrogen-bond donors (Lipinski definition) is 0. The lowest BCUT2D eigenvalue weighted by atomic mass is 9.66. The first kappa shape index (κ1) is 20.1. The Hall–Kier alpha value is -1.18. The molecule has 0 nitrogen and oxygen atoms in total. The van der Waals surface area contributed by atoms with Crippen LogP contribution in [0.4, 0.5) is 0 Å². The molecule has 0 heterocycles. The third-order valence-electron chi connectivity index (χ3n) is 4.89. The molecule has 0 aliphatic rings. The van der Waals surface area contributed by atoms with Crippen LogP contribution in [-0.4, -0.2) is 5.66 Å². The summed E-state index contributed by atoms with van der Waals surface area (Å²) in [5.74, 6) is 0. The molecule has 3 aromatic rings. The molecule has 0 aliphatic carbocycles. The van der Waals surface area contributed by atoms with Crippen molar-refractivity contribution in [2.75, 3.05) is 0 Å². The summed E-state index contributed by atoms with van der Waals surface area (Å²) in [5.41, 5.74) is 4.53. The molecule has 0 aromatic heterocycles. The first-order valence-corrected chi connectivity index (χ1v) is 9.36. The quantitative estimate of drug-likeness (QED) is 0.219. The van der Waals surface area contributed by atoms with Crippen LogP contribution >= 0.6 is 33.2 Å². The molecule has 0 radical (unpaired) electrons. The van der Waals surface area contributed by atoms with Gasteiger partial charge in [-0.2, -0.15) is 0 Å². The van der Waals surface area contributed by atoms with Crippen LogP contribution in [0.1, 0.15) is 36.5 Å². The van der Waals surface area contributed by atoms with Crippen molar-refractivity contribution in [1.82, 2.24) is 0 Å². The van der Waals surface area contributed by atoms with Crippen LogP contribution < -0.4 is 0 Å². The van der Waals surface area contributed by atoms with Crippen LogP contribution in [0.15, 0.2) is 91.0 Å². The van der Waals surface area contributed by atoms with Crippen molar-refractivity contribution in [2.24, 2.45) is 0 Å². The zero-order valence-electron chi connectivity index (χ0n) is 14.6. The van der Waals surface area contributed by atoms with Gasteiger partial charge in [0.25, 0.3) is 0 Å². The van der Waals surface area contributed by atoms with Crippen molar-refractivity contribution in [2.45, 2.75) is 30.8 Å². The van der Waals surface area contributed by atoms with E-state index >= 15 is 0 Å². The Morgan fingerprint density at radius 2 is 1.00 bits per heavy atom. The molecule has 25 heavy (non-hydrogen) atoms. The number of hydrogen-bond acceptors (Lipinski definition) is 0. The zero-order valence-corrected chi connectivity index (χ0v) is 18.1. The van der Waals surface area contributed by atoms with Crippen LogP contribution in [-0.2, 0) is 5.41 Å². The van der Waals surface area contributed by atoms with Gasteiger partial charge in [0, 0.05) is 5.41 Å². The van der Waals surface area contributed by atoms with Gasteiger partial charge in [0.15, 0.2) is 0 Å². The van der Waals surface area contributed by atoms with Gasteiger partial charge >= 0.3 is 0 Å². The second-order valence-electron chi connectivity index (χ2n) is 6.38. The Bertz CT molecular complexity index is 644. The standard InChI is InChI=1S/C23H25P.HI/c1-2-22(24)18-23(19-12-6-3-7-13-19,20-14-8-4-9-15-20)21-16-10-5-11-17-21;/h3-17,22H,2,18,24H2,1H3;1H. The van der Waals surface area contributed by atoms with Crippen LogP contribution in [0.25, 0.3) is 0 Å². The summed E-state index contributed by atoms with van der Waals surface area (Å²) in [6, 6.07) is 32.8. The normalized spacial score (nSPS) is 12.2. The minimum absolute atomic E-state index is 0. The number of rotatable bonds is 6. The highest BCUT2D eigenvalue weighted by atomic mass is 127. The molecule has 2 heteroatoms. The highest BCUT2D eigenvalue weighted by molar-refractivity contribution is 14.0. The largest absolute Gasteiger partial charge is 0.134 e. The first-order valence-electron chi connectivity index (χ1n) is 8.69. The summed E-state index contributed by atoms with van der Waals surface area (Å²) in [6.45, 7) is 2.27. The molecule has 3 rings (SSSR count). The fourth-order valence-electron chi connectivity index (χ4n) is 3.56. The number of benzene rings is 3. The van der Waals surface area contributed by atoms with Gasteiger partial charge in [0.1, 0.15) is 0 Å². The molecule has 3 aromatic carbocycles. The minimum Gasteiger partial charge on any atom is -0.134 e. The molecule has 0 bridgehead atoms. The third kappa shape index (κ3) is 4.33. The van der Waals surface area contributed by atoms with Crippen LogP contribution in [0.3, 0.4) is 0 Å². The molecule has 0 aliphatic heterocycles. The predicted octanol–water partition coefficient (Wildman–Crippen LogP) is 6.68. The highest BCUT2D eigenvalue weighted by Crippen LogP contribution is 2.44. The Morgan fingerprint density at radius 1 is 0.680 bits per heavy atom. The van der Waals surface area contributed by atoms with E-state index in [0.29, 0.717) is 5.66 Å². The Labute approximate surface area is 171 Å². The van der Waals surface area contributed by atoms with Crippen molar-refractivity contribution in [3.05, 3.63) is 108 Å². The van der Waals surface area contributed by atoms with Crippen molar-refractivity contribution in [3.8, 4) is 0 Å². The molecule has 0 saturated carbocycles. The molecule has 0 saturated heterocycles. The first-order chi connectivity index (χ1) is 11.8. The van der Waals surface area contributed by atoms with E-state index in [1.165, 1.54) is 16.7 Å². The van der Waals surface area contributed by atoms with E-state index in [0.717, 1.165) is 12.8 Å². The van der Waals surface area contributed by atoms with E-state index in [1.54, 1.807) is 0 Å². The van der Waals surface area contributed by atoms with E-state index < -0.39 is 0 Å². The van der Waals surface area contributed by atoms with Crippen molar-refractivity contribution >= 4 is 33.2 Å². The summed E-state index contributed by atoms with van der Waals surface area (Å²) in [5, 5.41) is 0. The molecule has 0 spiro atoms. The second kappa shape index (κ2) is 9.50. The van der Waals surface area contributed by atoms with Gasteiger partial charge in [-0.15, -0.1) is 33.2 Å². The average molecular weight is 460 g/mol. The van der Waals surface area contributed by atoms with Crippen molar-refractivity contribution < 1.29 is 0 Å². The van der Waals surface area contributed by atoms with Gasteiger partial charge in [0.05, 0.1) is 0 Å². The minimum atomic E-state index is -0.119. The highest BCUT2D eigenvalue weighted by Gasteiger charge is 2.37. The maximum atomic E-state index is 3.05. The van der Waals surface area contributed by atoms with E-state index in [-0.39, 0.29) is 29.4 Å². The maximum Gasteiger partial charge on any atom is 0.0457 e. The lowest BCUT2D eigenvalue weighted by Crippen LogP contribution is -2.32. The fourth-order valence-corrected chi connectivity index (χ4v) is 3.91. The van der Waals surface area contributed by atoms with Crippen LogP contribution in [0.2, 0.25) is 0 Å². The summed E-state index contributed by atoms with van der Waals surface area (Å²) < 4.78 is 0. The maximum absolute atomic E-state index is 3.05. The topological polar surface area (TPSA) is 0 Å². The second-order valence-corrected chi connectivity index (χ2v) is 7.32. The summed E-state index contributed by atoms with van der Waals surface area (Å²) in [7, 11) is 3.05. The summed E-state index contributed by atoms with van der Waals surface area (Å²) in [4.78, 5) is 0. The molecular formula is C23H26IP. The Morgan fingerprint density at radius 3 is 1.28 bits per heavy atom. The van der Waals surface area contributed by atoms with Crippen LogP contribution in [0.5, 0.6) is 0 Å². The third-order valence-corrected chi connectivity index (χ3v) is 5.60. The van der Waals surface area contributed by atoms with Gasteiger partial charge in [-0.25, -0.2) is 0 Å². The van der Waals surface area contributed by atoms with E-state index in [1.807, 2.05) is 0 Å². The summed E-state index contributed by atoms with van der Waals surface area (Å²) >= 11 is 0. The Kier molecular flexibility index (Phi) is 7.65. The fraction of sp³-hybridized carbons (Fsp3) is 0.217. The molecule has 130 valence electrons. The van der Waals surface area contributed by atoms with Crippen molar-refractivity contribution in [1.29, 1.82) is 0 Å². The molecule has 0 N–H and O–H groups in total. The van der Waals surface area contributed by atoms with Crippen molar-refractivity contribution in [3.63, 3.8) is 0 Å². The molecule has 2 unspecified atom stereocenters. The zero-order chi connectivity index (χ0) is 16.8. The monoisotopic (exact) mass is 460 g/mol. The molecule has 0 amide bonds. The van der Waals surface area contributed by atoms with E-state index in [9.17, 15) is 0 Å². The average Bonchev–Trinajstić information content (AvgIpc) is 2.68. The lowest BCUT2D eigenvalue weighted by Gasteiger charge is -2.38. The molecule has 0 fully saturated rings. The lowest BCUT2D eigenvalue weighted by molar-refractivity contribution is 0.537. The van der Waals surface area contributed by atoms with Gasteiger partial charge in [0.2, 0.25) is 0 Å². The van der Waals surface area contributed by atoms with Gasteiger partial charge in [-0.05, 0) is 35.2 Å². The van der Waals surface area contributed by atoms with Gasteiger partial charge in [-0.1, -0.05) is 97.9 Å². The van der Waals surface area contributed by atoms with E-state index in [4.69, 9.17) is 0 Å². The van der Waals surface area contributed by atoms with E-state index in [2.05, 4.69) is 107 Å². The number of halogens is 1. The SMILES string of the molecule is CCC(P)CC(c1ccccc1)(c1ccccc1)c1ccccc1.I. The summed E-state index contributed by atoms with van der Waals surface area (Å²) in [6.07, 6.45) is 2.23. The van der Waals surface area contributed by atoms with Crippen LogP contribution in [0, 0.1) is 0 Å². The van der Waals surface area contributed by atoms with Gasteiger partial charge in [-0.3, -0.25) is 0 Å². The molecule has 2 atom stereocenters. The predicted molar refractivity (Wildman–Crippen MR) is 123 cm³/mol.